The van der Waals surface area contributed by atoms with Gasteiger partial charge in [0, 0.05) is 36.2 Å². The van der Waals surface area contributed by atoms with Crippen molar-refractivity contribution in [2.45, 2.75) is 32.4 Å². The van der Waals surface area contributed by atoms with E-state index in [-0.39, 0.29) is 5.91 Å². The van der Waals surface area contributed by atoms with E-state index in [1.165, 1.54) is 11.8 Å². The van der Waals surface area contributed by atoms with E-state index in [4.69, 9.17) is 10.1 Å². The van der Waals surface area contributed by atoms with E-state index in [2.05, 4.69) is 24.0 Å². The number of hydrogen-bond donors (Lipinski definition) is 0. The highest BCUT2D eigenvalue weighted by molar-refractivity contribution is 7.99. The molecule has 3 rings (SSSR count). The van der Waals surface area contributed by atoms with E-state index in [1.807, 2.05) is 38.1 Å². The molecule has 0 saturated carbocycles. The van der Waals surface area contributed by atoms with E-state index in [0.29, 0.717) is 42.9 Å². The molecule has 154 valence electrons. The van der Waals surface area contributed by atoms with Gasteiger partial charge in [-0.1, -0.05) is 44.2 Å². The lowest BCUT2D eigenvalue weighted by atomic mass is 10.2. The fourth-order valence-corrected chi connectivity index (χ4v) is 3.77. The lowest BCUT2D eigenvalue weighted by Gasteiger charge is -2.18. The zero-order valence-corrected chi connectivity index (χ0v) is 18.1. The van der Waals surface area contributed by atoms with Crippen LogP contribution >= 0.6 is 11.8 Å². The van der Waals surface area contributed by atoms with Gasteiger partial charge in [0.05, 0.1) is 12.1 Å². The minimum Gasteiger partial charge on any atom is -0.384 e. The maximum absolute atomic E-state index is 12.4. The third kappa shape index (κ3) is 7.08. The summed E-state index contributed by atoms with van der Waals surface area (Å²) in [4.78, 5) is 24.0. The summed E-state index contributed by atoms with van der Waals surface area (Å²) in [6.45, 7) is 7.88. The van der Waals surface area contributed by atoms with E-state index in [0.717, 1.165) is 5.75 Å². The highest BCUT2D eigenvalue weighted by atomic mass is 32.2. The molecule has 0 radical (unpaired) electrons. The fraction of sp³-hybridized carbons (Fsp3) is 0.409. The average molecular weight is 413 g/mol. The lowest BCUT2D eigenvalue weighted by Crippen LogP contribution is -2.32. The van der Waals surface area contributed by atoms with Gasteiger partial charge in [-0.25, -0.2) is 4.98 Å². The number of thioether (sulfide) groups is 1. The molecule has 1 fully saturated rings. The Morgan fingerprint density at radius 3 is 2.66 bits per heavy atom. The van der Waals surface area contributed by atoms with Gasteiger partial charge in [-0.05, 0) is 18.6 Å². The summed E-state index contributed by atoms with van der Waals surface area (Å²) in [7, 11) is 0. The van der Waals surface area contributed by atoms with Crippen molar-refractivity contribution in [1.29, 1.82) is 5.26 Å². The van der Waals surface area contributed by atoms with Gasteiger partial charge in [-0.2, -0.15) is 17.0 Å². The highest BCUT2D eigenvalue weighted by Gasteiger charge is 2.25. The Morgan fingerprint density at radius 2 is 2.00 bits per heavy atom. The average Bonchev–Trinajstić information content (AvgIpc) is 3.25. The van der Waals surface area contributed by atoms with Crippen LogP contribution in [-0.2, 0) is 4.79 Å². The molecule has 2 heterocycles. The third-order valence-corrected chi connectivity index (χ3v) is 5.55. The summed E-state index contributed by atoms with van der Waals surface area (Å²) < 4.78 is 0. The van der Waals surface area contributed by atoms with Crippen molar-refractivity contribution >= 4 is 17.7 Å². The van der Waals surface area contributed by atoms with Crippen molar-refractivity contribution in [1.82, 2.24) is 14.9 Å². The van der Waals surface area contributed by atoms with Gasteiger partial charge in [0.25, 0.3) is 0 Å². The van der Waals surface area contributed by atoms with E-state index in [9.17, 15) is 4.79 Å². The van der Waals surface area contributed by atoms with Crippen LogP contribution in [0.1, 0.15) is 43.6 Å². The van der Waals surface area contributed by atoms with Crippen LogP contribution in [0, 0.1) is 11.3 Å². The van der Waals surface area contributed by atoms with E-state index >= 15 is 0 Å². The van der Waals surface area contributed by atoms with Gasteiger partial charge in [-0.15, -0.1) is 5.06 Å². The predicted octanol–water partition coefficient (Wildman–Crippen LogP) is 4.26. The Labute approximate surface area is 177 Å². The Hall–Kier alpha value is -2.56. The van der Waals surface area contributed by atoms with Gasteiger partial charge < -0.3 is 9.74 Å². The Balaban J connectivity index is 0.00000145. The van der Waals surface area contributed by atoms with Crippen molar-refractivity contribution in [3.05, 3.63) is 59.8 Å². The lowest BCUT2D eigenvalue weighted by molar-refractivity contribution is -0.133. The number of benzene rings is 1. The Bertz CT molecular complexity index is 793. The number of aromatic nitrogens is 1. The number of nitrogens with zero attached hydrogens (tertiary/aromatic N) is 4. The number of pyridine rings is 1. The number of hydroxylamine groups is 2. The third-order valence-electron chi connectivity index (χ3n) is 4.34. The smallest absolute Gasteiger partial charge is 0.238 e. The Morgan fingerprint density at radius 1 is 1.24 bits per heavy atom. The number of carbonyl (C=O) groups excluding carboxylic acids is 1. The molecule has 1 unspecified atom stereocenters. The van der Waals surface area contributed by atoms with Crippen LogP contribution in [0.3, 0.4) is 0 Å². The summed E-state index contributed by atoms with van der Waals surface area (Å²) in [5, 5.41) is 10.9. The standard InChI is InChI=1S/C20H22N4O2S.C2H6/c1-16(18-5-3-2-4-6-18)27-12-9-20(25)23-10-11-24(15-23)26-19-8-7-17(13-21)14-22-19;1-2/h2-8,14,16H,9-12,15H2,1H3;1-2H3. The first-order valence-electron chi connectivity index (χ1n) is 9.89. The zero-order valence-electron chi connectivity index (χ0n) is 17.2. The van der Waals surface area contributed by atoms with Gasteiger partial charge in [-0.3, -0.25) is 4.79 Å². The number of amides is 1. The van der Waals surface area contributed by atoms with Crippen LogP contribution in [-0.4, -0.2) is 46.4 Å². The summed E-state index contributed by atoms with van der Waals surface area (Å²) in [6.07, 6.45) is 1.99. The minimum absolute atomic E-state index is 0.140. The predicted molar refractivity (Wildman–Crippen MR) is 116 cm³/mol. The molecular weight excluding hydrogens is 384 g/mol. The topological polar surface area (TPSA) is 69.5 Å². The van der Waals surface area contributed by atoms with Crippen LogP contribution in [0.5, 0.6) is 5.88 Å². The highest BCUT2D eigenvalue weighted by Crippen LogP contribution is 2.28. The summed E-state index contributed by atoms with van der Waals surface area (Å²) in [5.74, 6) is 1.36. The molecule has 1 amide bonds. The maximum atomic E-state index is 12.4. The van der Waals surface area contributed by atoms with Crippen molar-refractivity contribution in [3.8, 4) is 11.9 Å². The van der Waals surface area contributed by atoms with Crippen molar-refractivity contribution in [2.75, 3.05) is 25.5 Å². The molecule has 0 aliphatic carbocycles. The first kappa shape index (κ1) is 22.7. The molecule has 1 aromatic carbocycles. The molecule has 2 aromatic rings. The van der Waals surface area contributed by atoms with Crippen molar-refractivity contribution < 1.29 is 9.63 Å². The van der Waals surface area contributed by atoms with Gasteiger partial charge in [0.15, 0.2) is 0 Å². The second-order valence-corrected chi connectivity index (χ2v) is 7.71. The van der Waals surface area contributed by atoms with Crippen LogP contribution in [0.25, 0.3) is 0 Å². The maximum Gasteiger partial charge on any atom is 0.238 e. The van der Waals surface area contributed by atoms with Crippen molar-refractivity contribution in [3.63, 3.8) is 0 Å². The molecule has 1 atom stereocenters. The molecule has 7 heteroatoms. The zero-order chi connectivity index (χ0) is 21.1. The quantitative estimate of drug-likeness (QED) is 0.677. The Kier molecular flexibility index (Phi) is 9.48. The summed E-state index contributed by atoms with van der Waals surface area (Å²) >= 11 is 1.79. The molecule has 6 nitrogen and oxygen atoms in total. The number of rotatable bonds is 7. The van der Waals surface area contributed by atoms with Gasteiger partial charge >= 0.3 is 0 Å². The van der Waals surface area contributed by atoms with Crippen LogP contribution < -0.4 is 4.84 Å². The minimum atomic E-state index is 0.140. The normalized spacial score (nSPS) is 14.5. The number of hydrogen-bond acceptors (Lipinski definition) is 6. The molecule has 1 aliphatic rings. The molecule has 1 saturated heterocycles. The second-order valence-electron chi connectivity index (χ2n) is 6.27. The molecule has 0 spiro atoms. The number of carbonyl (C=O) groups is 1. The SMILES string of the molecule is CC.CC(SCCC(=O)N1CCN(Oc2ccc(C#N)cn2)C1)c1ccccc1. The van der Waals surface area contributed by atoms with E-state index in [1.54, 1.807) is 33.9 Å². The van der Waals surface area contributed by atoms with Gasteiger partial charge in [0.1, 0.15) is 12.7 Å². The first-order chi connectivity index (χ1) is 14.2. The molecule has 0 N–H and O–H groups in total. The number of nitriles is 1. The molecule has 1 aliphatic heterocycles. The second kappa shape index (κ2) is 12.1. The van der Waals surface area contributed by atoms with Crippen LogP contribution in [0.15, 0.2) is 48.7 Å². The summed E-state index contributed by atoms with van der Waals surface area (Å²) in [6, 6.07) is 15.7. The summed E-state index contributed by atoms with van der Waals surface area (Å²) in [5.41, 5.74) is 1.77. The van der Waals surface area contributed by atoms with E-state index < -0.39 is 0 Å². The molecule has 1 aromatic heterocycles. The van der Waals surface area contributed by atoms with Gasteiger partial charge in [0.2, 0.25) is 11.8 Å². The first-order valence-corrected chi connectivity index (χ1v) is 10.9. The monoisotopic (exact) mass is 412 g/mol. The van der Waals surface area contributed by atoms with Crippen molar-refractivity contribution in [2.24, 2.45) is 0 Å². The van der Waals surface area contributed by atoms with Crippen LogP contribution in [0.2, 0.25) is 0 Å². The molecular formula is C22H28N4O2S. The van der Waals surface area contributed by atoms with Crippen LogP contribution in [0.4, 0.5) is 0 Å². The molecule has 29 heavy (non-hydrogen) atoms. The largest absolute Gasteiger partial charge is 0.384 e. The molecule has 0 bridgehead atoms. The fourth-order valence-electron chi connectivity index (χ4n) is 2.78.